The van der Waals surface area contributed by atoms with E-state index >= 15 is 0 Å². The van der Waals surface area contributed by atoms with Crippen molar-refractivity contribution < 1.29 is 13.2 Å². The largest absolute Gasteiger partial charge is 0.423 e. The molecule has 2 N–H and O–H groups in total. The molecule has 4 nitrogen and oxygen atoms in total. The van der Waals surface area contributed by atoms with E-state index in [1.165, 1.54) is 12.1 Å². The van der Waals surface area contributed by atoms with Gasteiger partial charge in [-0.1, -0.05) is 6.07 Å². The van der Waals surface area contributed by atoms with Crippen LogP contribution in [-0.4, -0.2) is 10.2 Å². The Kier molecular flexibility index (Phi) is 3.14. The van der Waals surface area contributed by atoms with E-state index in [0.717, 1.165) is 6.07 Å². The molecule has 0 amide bonds. The normalized spacial score (nSPS) is 12.7. The quantitative estimate of drug-likeness (QED) is 0.889. The van der Waals surface area contributed by atoms with E-state index in [2.05, 4.69) is 10.2 Å². The van der Waals surface area contributed by atoms with Gasteiger partial charge < -0.3 is 10.2 Å². The van der Waals surface area contributed by atoms with Crippen LogP contribution in [0.3, 0.4) is 0 Å². The number of nitrogens with two attached hydrogens (primary N) is 1. The van der Waals surface area contributed by atoms with Crippen molar-refractivity contribution in [1.82, 2.24) is 10.2 Å². The van der Waals surface area contributed by atoms with Crippen molar-refractivity contribution >= 4 is 0 Å². The van der Waals surface area contributed by atoms with Gasteiger partial charge in [-0.15, -0.1) is 10.2 Å². The van der Waals surface area contributed by atoms with Gasteiger partial charge in [-0.2, -0.15) is 0 Å². The maximum atomic E-state index is 13.3. The molecule has 0 aliphatic carbocycles. The maximum absolute atomic E-state index is 13.3. The fraction of sp³-hybridized carbons (Fsp3) is 0.273. The van der Waals surface area contributed by atoms with Crippen LogP contribution in [0.5, 0.6) is 0 Å². The third-order valence-corrected chi connectivity index (χ3v) is 2.23. The van der Waals surface area contributed by atoms with Crippen molar-refractivity contribution in [2.24, 2.45) is 5.73 Å². The highest BCUT2D eigenvalue weighted by molar-refractivity contribution is 5.21. The van der Waals surface area contributed by atoms with Gasteiger partial charge in [0, 0.05) is 6.07 Å². The van der Waals surface area contributed by atoms with Gasteiger partial charge in [-0.25, -0.2) is 8.78 Å². The Morgan fingerprint density at radius 1 is 1.35 bits per heavy atom. The van der Waals surface area contributed by atoms with Gasteiger partial charge in [0.2, 0.25) is 11.8 Å². The highest BCUT2D eigenvalue weighted by Gasteiger charge is 2.12. The summed E-state index contributed by atoms with van der Waals surface area (Å²) in [6.45, 7) is 1.70. The average molecular weight is 239 g/mol. The first-order valence-electron chi connectivity index (χ1n) is 5.08. The zero-order valence-electron chi connectivity index (χ0n) is 9.15. The van der Waals surface area contributed by atoms with Crippen molar-refractivity contribution in [2.45, 2.75) is 19.4 Å². The van der Waals surface area contributed by atoms with Crippen LogP contribution in [-0.2, 0) is 6.42 Å². The van der Waals surface area contributed by atoms with Crippen molar-refractivity contribution in [3.05, 3.63) is 47.2 Å². The Balaban J connectivity index is 2.19. The van der Waals surface area contributed by atoms with E-state index in [0.29, 0.717) is 11.5 Å². The van der Waals surface area contributed by atoms with Crippen LogP contribution in [0.4, 0.5) is 8.78 Å². The minimum absolute atomic E-state index is 0.117. The smallest absolute Gasteiger partial charge is 0.232 e. The molecule has 0 bridgehead atoms. The van der Waals surface area contributed by atoms with E-state index in [1.807, 2.05) is 0 Å². The van der Waals surface area contributed by atoms with Crippen LogP contribution in [0.15, 0.2) is 22.6 Å². The molecule has 2 aromatic rings. The number of aromatic nitrogens is 2. The number of hydrogen-bond acceptors (Lipinski definition) is 4. The third kappa shape index (κ3) is 2.65. The molecule has 1 unspecified atom stereocenters. The molecule has 1 atom stereocenters. The second kappa shape index (κ2) is 4.58. The first-order chi connectivity index (χ1) is 8.06. The van der Waals surface area contributed by atoms with Gasteiger partial charge in [0.05, 0.1) is 12.5 Å². The standard InChI is InChI=1S/C11H11F2N3O/c1-6(14)11-16-15-10(17-11)4-7-2-3-8(12)5-9(7)13/h2-3,5-6H,4,14H2,1H3. The molecule has 1 aromatic heterocycles. The summed E-state index contributed by atoms with van der Waals surface area (Å²) in [7, 11) is 0. The van der Waals surface area contributed by atoms with Crippen molar-refractivity contribution in [1.29, 1.82) is 0 Å². The Labute approximate surface area is 96.5 Å². The minimum Gasteiger partial charge on any atom is -0.423 e. The Morgan fingerprint density at radius 3 is 2.71 bits per heavy atom. The molecule has 0 aliphatic heterocycles. The van der Waals surface area contributed by atoms with Crippen LogP contribution in [0.25, 0.3) is 0 Å². The molecule has 0 saturated heterocycles. The van der Waals surface area contributed by atoms with Crippen LogP contribution < -0.4 is 5.73 Å². The highest BCUT2D eigenvalue weighted by atomic mass is 19.1. The first-order valence-corrected chi connectivity index (χ1v) is 5.08. The predicted molar refractivity (Wildman–Crippen MR) is 56.1 cm³/mol. The maximum Gasteiger partial charge on any atom is 0.232 e. The molecular weight excluding hydrogens is 228 g/mol. The summed E-state index contributed by atoms with van der Waals surface area (Å²) in [5, 5.41) is 7.46. The van der Waals surface area contributed by atoms with Gasteiger partial charge in [-0.05, 0) is 18.6 Å². The van der Waals surface area contributed by atoms with Gasteiger partial charge >= 0.3 is 0 Å². The van der Waals surface area contributed by atoms with Gasteiger partial charge in [0.25, 0.3) is 0 Å². The molecule has 0 saturated carbocycles. The fourth-order valence-electron chi connectivity index (χ4n) is 1.35. The lowest BCUT2D eigenvalue weighted by Gasteiger charge is -1.99. The van der Waals surface area contributed by atoms with Crippen LogP contribution >= 0.6 is 0 Å². The van der Waals surface area contributed by atoms with Crippen LogP contribution in [0.2, 0.25) is 0 Å². The Hall–Kier alpha value is -1.82. The molecule has 0 radical (unpaired) electrons. The topological polar surface area (TPSA) is 64.9 Å². The summed E-state index contributed by atoms with van der Waals surface area (Å²) in [6.07, 6.45) is 0.117. The zero-order chi connectivity index (χ0) is 12.4. The first kappa shape index (κ1) is 11.7. The monoisotopic (exact) mass is 239 g/mol. The number of halogens is 2. The second-order valence-corrected chi connectivity index (χ2v) is 3.74. The summed E-state index contributed by atoms with van der Waals surface area (Å²) < 4.78 is 31.3. The molecule has 1 heterocycles. The fourth-order valence-corrected chi connectivity index (χ4v) is 1.35. The summed E-state index contributed by atoms with van der Waals surface area (Å²) in [6, 6.07) is 2.98. The van der Waals surface area contributed by atoms with Crippen LogP contribution in [0, 0.1) is 11.6 Å². The summed E-state index contributed by atoms with van der Waals surface area (Å²) >= 11 is 0. The number of rotatable bonds is 3. The summed E-state index contributed by atoms with van der Waals surface area (Å²) in [5.41, 5.74) is 5.85. The van der Waals surface area contributed by atoms with E-state index in [1.54, 1.807) is 6.92 Å². The van der Waals surface area contributed by atoms with Crippen LogP contribution in [0.1, 0.15) is 30.3 Å². The van der Waals surface area contributed by atoms with Crippen molar-refractivity contribution in [3.8, 4) is 0 Å². The molecule has 0 fully saturated rings. The van der Waals surface area contributed by atoms with Crippen molar-refractivity contribution in [2.75, 3.05) is 0 Å². The molecule has 0 spiro atoms. The van der Waals surface area contributed by atoms with Crippen molar-refractivity contribution in [3.63, 3.8) is 0 Å². The van der Waals surface area contributed by atoms with Gasteiger partial charge in [-0.3, -0.25) is 0 Å². The second-order valence-electron chi connectivity index (χ2n) is 3.74. The number of benzene rings is 1. The third-order valence-electron chi connectivity index (χ3n) is 2.23. The summed E-state index contributed by atoms with van der Waals surface area (Å²) in [4.78, 5) is 0. The van der Waals surface area contributed by atoms with E-state index in [-0.39, 0.29) is 18.4 Å². The molecule has 90 valence electrons. The number of hydrogen-bond donors (Lipinski definition) is 1. The lowest BCUT2D eigenvalue weighted by atomic mass is 10.1. The predicted octanol–water partition coefficient (Wildman–Crippen LogP) is 1.96. The van der Waals surface area contributed by atoms with Gasteiger partial charge in [0.1, 0.15) is 11.6 Å². The molecule has 1 aromatic carbocycles. The Morgan fingerprint density at radius 2 is 2.12 bits per heavy atom. The molecule has 6 heteroatoms. The summed E-state index contributed by atoms with van der Waals surface area (Å²) in [5.74, 6) is -0.705. The molecule has 2 rings (SSSR count). The zero-order valence-corrected chi connectivity index (χ0v) is 9.15. The SMILES string of the molecule is CC(N)c1nnc(Cc2ccc(F)cc2F)o1. The van der Waals surface area contributed by atoms with E-state index < -0.39 is 11.6 Å². The number of nitrogens with zero attached hydrogens (tertiary/aromatic N) is 2. The van der Waals surface area contributed by atoms with E-state index in [4.69, 9.17) is 10.2 Å². The molecule has 0 aliphatic rings. The van der Waals surface area contributed by atoms with E-state index in [9.17, 15) is 8.78 Å². The highest BCUT2D eigenvalue weighted by Crippen LogP contribution is 2.15. The molecular formula is C11H11F2N3O. The lowest BCUT2D eigenvalue weighted by Crippen LogP contribution is -2.04. The van der Waals surface area contributed by atoms with Gasteiger partial charge in [0.15, 0.2) is 0 Å². The minimum atomic E-state index is -0.634. The molecule has 17 heavy (non-hydrogen) atoms. The average Bonchev–Trinajstić information content (AvgIpc) is 2.71. The lowest BCUT2D eigenvalue weighted by molar-refractivity contribution is 0.431. The Bertz CT molecular complexity index is 525.